The Labute approximate surface area is 103 Å². The molecular weight excluding hydrogens is 192 g/mol. The zero-order chi connectivity index (χ0) is 11.8. The van der Waals surface area contributed by atoms with Crippen molar-refractivity contribution in [1.82, 2.24) is 0 Å². The quantitative estimate of drug-likeness (QED) is 0.389. The molecule has 0 bridgehead atoms. The van der Waals surface area contributed by atoms with Crippen molar-refractivity contribution >= 4 is 0 Å². The van der Waals surface area contributed by atoms with Crippen LogP contribution in [0.25, 0.3) is 0 Å². The smallest absolute Gasteiger partial charge is 0.0322 e. The number of allylic oxidation sites excluding steroid dienone is 2. The van der Waals surface area contributed by atoms with Gasteiger partial charge in [-0.05, 0) is 43.4 Å². The topological polar surface area (TPSA) is 0 Å². The molecule has 1 rings (SSSR count). The lowest BCUT2D eigenvalue weighted by Gasteiger charge is -2.21. The normalized spacial score (nSPS) is 27.7. The average Bonchev–Trinajstić information content (AvgIpc) is 2.69. The molecule has 1 fully saturated rings. The summed E-state index contributed by atoms with van der Waals surface area (Å²) in [4.78, 5) is 0. The van der Waals surface area contributed by atoms with Gasteiger partial charge in [0.05, 0.1) is 0 Å². The first-order valence-corrected chi connectivity index (χ1v) is 7.40. The van der Waals surface area contributed by atoms with Crippen molar-refractivity contribution in [2.24, 2.45) is 17.8 Å². The Morgan fingerprint density at radius 3 is 2.62 bits per heavy atom. The van der Waals surface area contributed by atoms with Crippen molar-refractivity contribution in [3.8, 4) is 0 Å². The van der Waals surface area contributed by atoms with Gasteiger partial charge >= 0.3 is 0 Å². The van der Waals surface area contributed by atoms with Crippen molar-refractivity contribution in [3.63, 3.8) is 0 Å². The van der Waals surface area contributed by atoms with E-state index in [1.54, 1.807) is 0 Å². The van der Waals surface area contributed by atoms with Crippen LogP contribution in [0.2, 0.25) is 0 Å². The fourth-order valence-corrected chi connectivity index (χ4v) is 3.14. The number of hydrogen-bond acceptors (Lipinski definition) is 0. The summed E-state index contributed by atoms with van der Waals surface area (Å²) >= 11 is 0. The Morgan fingerprint density at radius 2 is 2.00 bits per heavy atom. The van der Waals surface area contributed by atoms with E-state index in [9.17, 15) is 0 Å². The van der Waals surface area contributed by atoms with Gasteiger partial charge in [-0.15, -0.1) is 0 Å². The zero-order valence-electron chi connectivity index (χ0n) is 11.5. The van der Waals surface area contributed by atoms with Crippen molar-refractivity contribution in [1.29, 1.82) is 0 Å². The third kappa shape index (κ3) is 4.72. The van der Waals surface area contributed by atoms with E-state index >= 15 is 0 Å². The molecule has 1 aliphatic carbocycles. The highest BCUT2D eigenvalue weighted by Gasteiger charge is 2.27. The number of hydrogen-bond donors (Lipinski definition) is 0. The van der Waals surface area contributed by atoms with Gasteiger partial charge in [0.2, 0.25) is 0 Å². The monoisotopic (exact) mass is 222 g/mol. The minimum absolute atomic E-state index is 0.903. The minimum atomic E-state index is 0.903. The lowest BCUT2D eigenvalue weighted by atomic mass is 9.84. The van der Waals surface area contributed by atoms with E-state index < -0.39 is 0 Å². The van der Waals surface area contributed by atoms with Crippen LogP contribution < -0.4 is 0 Å². The predicted octanol–water partition coefficient (Wildman–Crippen LogP) is 5.59. The Balaban J connectivity index is 2.11. The molecule has 3 atom stereocenters. The first-order chi connectivity index (χ1) is 7.75. The average molecular weight is 222 g/mol. The summed E-state index contributed by atoms with van der Waals surface area (Å²) in [7, 11) is 0. The van der Waals surface area contributed by atoms with Gasteiger partial charge in [-0.2, -0.15) is 0 Å². The molecule has 94 valence electrons. The molecule has 3 unspecified atom stereocenters. The molecule has 0 nitrogen and oxygen atoms in total. The molecule has 0 aliphatic heterocycles. The van der Waals surface area contributed by atoms with E-state index in [1.807, 2.05) is 0 Å². The molecular formula is C16H30. The molecule has 1 aliphatic rings. The fourth-order valence-electron chi connectivity index (χ4n) is 3.14. The first-order valence-electron chi connectivity index (χ1n) is 7.40. The van der Waals surface area contributed by atoms with Crippen molar-refractivity contribution in [3.05, 3.63) is 12.2 Å². The van der Waals surface area contributed by atoms with E-state index in [-0.39, 0.29) is 0 Å². The van der Waals surface area contributed by atoms with E-state index in [0.717, 1.165) is 17.8 Å². The van der Waals surface area contributed by atoms with Crippen molar-refractivity contribution < 1.29 is 0 Å². The highest BCUT2D eigenvalue weighted by molar-refractivity contribution is 4.87. The molecule has 0 heterocycles. The van der Waals surface area contributed by atoms with Gasteiger partial charge in [0, 0.05) is 0 Å². The molecule has 16 heavy (non-hydrogen) atoms. The molecule has 0 aromatic carbocycles. The van der Waals surface area contributed by atoms with Crippen molar-refractivity contribution in [2.75, 3.05) is 0 Å². The van der Waals surface area contributed by atoms with Gasteiger partial charge in [-0.1, -0.05) is 58.6 Å². The van der Waals surface area contributed by atoms with E-state index in [0.29, 0.717) is 0 Å². The van der Waals surface area contributed by atoms with Gasteiger partial charge in [0.1, 0.15) is 0 Å². The Hall–Kier alpha value is -0.260. The van der Waals surface area contributed by atoms with Crippen LogP contribution in [0.1, 0.15) is 72.1 Å². The number of rotatable bonds is 7. The molecule has 0 N–H and O–H groups in total. The summed E-state index contributed by atoms with van der Waals surface area (Å²) in [6, 6.07) is 0. The third-order valence-electron chi connectivity index (χ3n) is 4.31. The minimum Gasteiger partial charge on any atom is -0.0885 e. The molecule has 0 spiro atoms. The van der Waals surface area contributed by atoms with Crippen LogP contribution in [0.5, 0.6) is 0 Å². The largest absolute Gasteiger partial charge is 0.0885 e. The maximum Gasteiger partial charge on any atom is -0.0322 e. The van der Waals surface area contributed by atoms with Gasteiger partial charge < -0.3 is 0 Å². The molecule has 0 saturated heterocycles. The lowest BCUT2D eigenvalue weighted by Crippen LogP contribution is -2.13. The SMILES string of the molecule is CCCCC/C=C\CC(C)C1CCCC1C. The van der Waals surface area contributed by atoms with Crippen LogP contribution >= 0.6 is 0 Å². The summed E-state index contributed by atoms with van der Waals surface area (Å²) in [5, 5.41) is 0. The molecule has 0 amide bonds. The predicted molar refractivity (Wildman–Crippen MR) is 73.6 cm³/mol. The molecule has 1 saturated carbocycles. The summed E-state index contributed by atoms with van der Waals surface area (Å²) in [6.07, 6.45) is 16.0. The zero-order valence-corrected chi connectivity index (χ0v) is 11.5. The highest BCUT2D eigenvalue weighted by atomic mass is 14.3. The first kappa shape index (κ1) is 13.8. The van der Waals surface area contributed by atoms with Crippen LogP contribution in [0, 0.1) is 17.8 Å². The third-order valence-corrected chi connectivity index (χ3v) is 4.31. The van der Waals surface area contributed by atoms with Gasteiger partial charge in [0.15, 0.2) is 0 Å². The van der Waals surface area contributed by atoms with E-state index in [2.05, 4.69) is 32.9 Å². The van der Waals surface area contributed by atoms with Crippen LogP contribution in [0.4, 0.5) is 0 Å². The summed E-state index contributed by atoms with van der Waals surface area (Å²) in [6.45, 7) is 7.16. The second kappa shape index (κ2) is 7.92. The second-order valence-corrected chi connectivity index (χ2v) is 5.75. The van der Waals surface area contributed by atoms with Crippen LogP contribution in [-0.4, -0.2) is 0 Å². The summed E-state index contributed by atoms with van der Waals surface area (Å²) in [5.41, 5.74) is 0. The summed E-state index contributed by atoms with van der Waals surface area (Å²) < 4.78 is 0. The number of unbranched alkanes of at least 4 members (excludes halogenated alkanes) is 3. The van der Waals surface area contributed by atoms with Crippen LogP contribution in [0.15, 0.2) is 12.2 Å². The molecule has 0 radical (unpaired) electrons. The van der Waals surface area contributed by atoms with Crippen LogP contribution in [-0.2, 0) is 0 Å². The molecule has 0 aromatic heterocycles. The second-order valence-electron chi connectivity index (χ2n) is 5.75. The fraction of sp³-hybridized carbons (Fsp3) is 0.875. The highest BCUT2D eigenvalue weighted by Crippen LogP contribution is 2.37. The van der Waals surface area contributed by atoms with E-state index in [4.69, 9.17) is 0 Å². The van der Waals surface area contributed by atoms with Gasteiger partial charge in [0.25, 0.3) is 0 Å². The van der Waals surface area contributed by atoms with Gasteiger partial charge in [-0.25, -0.2) is 0 Å². The van der Waals surface area contributed by atoms with Crippen LogP contribution in [0.3, 0.4) is 0 Å². The maximum atomic E-state index is 2.45. The van der Waals surface area contributed by atoms with E-state index in [1.165, 1.54) is 51.4 Å². The Morgan fingerprint density at radius 1 is 1.19 bits per heavy atom. The maximum absolute atomic E-state index is 2.45. The van der Waals surface area contributed by atoms with Gasteiger partial charge in [-0.3, -0.25) is 0 Å². The summed E-state index contributed by atoms with van der Waals surface area (Å²) in [5.74, 6) is 2.88. The molecule has 0 aromatic rings. The Bertz CT molecular complexity index is 192. The standard InChI is InChI=1S/C16H30/c1-4-5-6-7-8-9-11-14(2)16-13-10-12-15(16)3/h8-9,14-16H,4-7,10-13H2,1-3H3/b9-8-. The van der Waals surface area contributed by atoms with Crippen molar-refractivity contribution in [2.45, 2.75) is 72.1 Å². The Kier molecular flexibility index (Phi) is 6.84. The lowest BCUT2D eigenvalue weighted by molar-refractivity contribution is 0.296. The molecule has 0 heteroatoms.